The summed E-state index contributed by atoms with van der Waals surface area (Å²) in [5, 5.41) is 2.29. The van der Waals surface area contributed by atoms with Gasteiger partial charge in [-0.15, -0.1) is 0 Å². The number of carbonyl (C=O) groups excluding carboxylic acids is 1. The molecule has 0 aliphatic carbocycles. The number of hydrogen-bond donors (Lipinski definition) is 1. The van der Waals surface area contributed by atoms with Crippen LogP contribution in [0.2, 0.25) is 5.02 Å². The molecule has 4 rings (SSSR count). The fourth-order valence-electron chi connectivity index (χ4n) is 3.40. The average molecular weight is 425 g/mol. The number of benzene rings is 2. The van der Waals surface area contributed by atoms with Crippen LogP contribution < -0.4 is 4.74 Å². The van der Waals surface area contributed by atoms with Gasteiger partial charge in [0.2, 0.25) is 5.88 Å². The molecule has 2 heterocycles. The number of nitrogens with zero attached hydrogens (tertiary/aromatic N) is 1. The Balaban J connectivity index is 2.00. The second-order valence-corrected chi connectivity index (χ2v) is 7.55. The molecule has 7 heteroatoms. The van der Waals surface area contributed by atoms with Crippen molar-refractivity contribution in [2.24, 2.45) is 0 Å². The van der Waals surface area contributed by atoms with Crippen molar-refractivity contribution in [1.82, 2.24) is 9.97 Å². The zero-order valence-electron chi connectivity index (χ0n) is 16.9. The van der Waals surface area contributed by atoms with Crippen molar-refractivity contribution in [3.8, 4) is 11.6 Å². The van der Waals surface area contributed by atoms with E-state index in [1.807, 2.05) is 24.3 Å². The SMILES string of the molecule is COCc1c(C(=O)OC(C)C)nc(Oc2cccc(Cl)c2)c2[nH]c3ccccc3c12. The number of ether oxygens (including phenoxy) is 3. The average Bonchev–Trinajstić information content (AvgIpc) is 3.09. The minimum absolute atomic E-state index is 0.167. The number of rotatable bonds is 6. The molecule has 1 N–H and O–H groups in total. The molecule has 0 saturated carbocycles. The molecule has 0 atom stereocenters. The first kappa shape index (κ1) is 20.2. The van der Waals surface area contributed by atoms with Crippen molar-refractivity contribution in [3.63, 3.8) is 0 Å². The number of fused-ring (bicyclic) bond motifs is 3. The predicted octanol–water partition coefficient (Wildman–Crippen LogP) is 5.87. The molecule has 0 bridgehead atoms. The van der Waals surface area contributed by atoms with Gasteiger partial charge in [-0.1, -0.05) is 35.9 Å². The van der Waals surface area contributed by atoms with E-state index in [0.29, 0.717) is 21.9 Å². The number of methoxy groups -OCH3 is 1. The Bertz CT molecular complexity index is 1230. The molecule has 0 aliphatic rings. The van der Waals surface area contributed by atoms with E-state index < -0.39 is 5.97 Å². The molecule has 0 saturated heterocycles. The van der Waals surface area contributed by atoms with Crippen LogP contribution in [0.4, 0.5) is 0 Å². The van der Waals surface area contributed by atoms with Crippen LogP contribution in [-0.4, -0.2) is 29.2 Å². The van der Waals surface area contributed by atoms with Gasteiger partial charge in [0, 0.05) is 34.0 Å². The third-order valence-corrected chi connectivity index (χ3v) is 4.79. The van der Waals surface area contributed by atoms with E-state index in [0.717, 1.165) is 16.3 Å². The normalized spacial score (nSPS) is 11.4. The number of aromatic amines is 1. The van der Waals surface area contributed by atoms with Crippen molar-refractivity contribution in [1.29, 1.82) is 0 Å². The van der Waals surface area contributed by atoms with Crippen LogP contribution >= 0.6 is 11.6 Å². The Morgan fingerprint density at radius 1 is 1.17 bits per heavy atom. The van der Waals surface area contributed by atoms with Gasteiger partial charge in [-0.05, 0) is 38.1 Å². The molecule has 0 spiro atoms. The number of carbonyl (C=O) groups is 1. The van der Waals surface area contributed by atoms with Crippen molar-refractivity contribution in [2.45, 2.75) is 26.6 Å². The van der Waals surface area contributed by atoms with Crippen molar-refractivity contribution >= 4 is 39.4 Å². The number of aromatic nitrogens is 2. The first-order chi connectivity index (χ1) is 14.5. The zero-order chi connectivity index (χ0) is 21.3. The number of halogens is 1. The maximum Gasteiger partial charge on any atom is 0.357 e. The maximum absolute atomic E-state index is 12.9. The molecule has 6 nitrogen and oxygen atoms in total. The minimum atomic E-state index is -0.528. The van der Waals surface area contributed by atoms with E-state index in [4.69, 9.17) is 25.8 Å². The highest BCUT2D eigenvalue weighted by molar-refractivity contribution is 6.30. The lowest BCUT2D eigenvalue weighted by molar-refractivity contribution is 0.0365. The molecule has 0 fully saturated rings. The molecule has 0 aliphatic heterocycles. The monoisotopic (exact) mass is 424 g/mol. The third kappa shape index (κ3) is 3.84. The van der Waals surface area contributed by atoms with Crippen LogP contribution in [0.3, 0.4) is 0 Å². The quantitative estimate of drug-likeness (QED) is 0.391. The van der Waals surface area contributed by atoms with Gasteiger partial charge in [-0.3, -0.25) is 0 Å². The Labute approximate surface area is 178 Å². The number of hydrogen-bond acceptors (Lipinski definition) is 5. The van der Waals surface area contributed by atoms with Gasteiger partial charge in [0.25, 0.3) is 0 Å². The molecule has 30 heavy (non-hydrogen) atoms. The van der Waals surface area contributed by atoms with Crippen LogP contribution in [0.1, 0.15) is 29.9 Å². The van der Waals surface area contributed by atoms with Gasteiger partial charge in [0.05, 0.1) is 12.7 Å². The summed E-state index contributed by atoms with van der Waals surface area (Å²) in [6.07, 6.45) is -0.286. The molecule has 154 valence electrons. The van der Waals surface area contributed by atoms with Crippen LogP contribution in [0.25, 0.3) is 21.8 Å². The number of H-pyrrole nitrogens is 1. The molecule has 0 radical (unpaired) electrons. The van der Waals surface area contributed by atoms with E-state index >= 15 is 0 Å². The molecule has 0 amide bonds. The third-order valence-electron chi connectivity index (χ3n) is 4.56. The number of para-hydroxylation sites is 1. The van der Waals surface area contributed by atoms with Gasteiger partial charge in [-0.25, -0.2) is 9.78 Å². The van der Waals surface area contributed by atoms with Gasteiger partial charge in [0.1, 0.15) is 11.3 Å². The summed E-state index contributed by atoms with van der Waals surface area (Å²) in [5.41, 5.74) is 2.38. The van der Waals surface area contributed by atoms with E-state index in [1.54, 1.807) is 45.2 Å². The molecule has 2 aromatic heterocycles. The lowest BCUT2D eigenvalue weighted by Gasteiger charge is -2.15. The van der Waals surface area contributed by atoms with Gasteiger partial charge < -0.3 is 19.2 Å². The first-order valence-corrected chi connectivity index (χ1v) is 9.92. The van der Waals surface area contributed by atoms with E-state index in [9.17, 15) is 4.79 Å². The molecule has 0 unspecified atom stereocenters. The lowest BCUT2D eigenvalue weighted by Crippen LogP contribution is -2.16. The fourth-order valence-corrected chi connectivity index (χ4v) is 3.58. The number of pyridine rings is 1. The summed E-state index contributed by atoms with van der Waals surface area (Å²) in [7, 11) is 1.58. The Kier molecular flexibility index (Phi) is 5.61. The highest BCUT2D eigenvalue weighted by Gasteiger charge is 2.25. The smallest absolute Gasteiger partial charge is 0.357 e. The lowest BCUT2D eigenvalue weighted by atomic mass is 10.1. The largest absolute Gasteiger partial charge is 0.458 e. The second kappa shape index (κ2) is 8.34. The molecular formula is C23H21ClN2O4. The summed E-state index contributed by atoms with van der Waals surface area (Å²) >= 11 is 6.10. The summed E-state index contributed by atoms with van der Waals surface area (Å²) in [6, 6.07) is 14.8. The second-order valence-electron chi connectivity index (χ2n) is 7.11. The van der Waals surface area contributed by atoms with Crippen LogP contribution in [0, 0.1) is 0 Å². The van der Waals surface area contributed by atoms with Gasteiger partial charge in [-0.2, -0.15) is 0 Å². The Morgan fingerprint density at radius 3 is 2.70 bits per heavy atom. The number of esters is 1. The Morgan fingerprint density at radius 2 is 1.97 bits per heavy atom. The topological polar surface area (TPSA) is 73.4 Å². The zero-order valence-corrected chi connectivity index (χ0v) is 17.6. The van der Waals surface area contributed by atoms with E-state index in [1.165, 1.54) is 0 Å². The maximum atomic E-state index is 12.9. The summed E-state index contributed by atoms with van der Waals surface area (Å²) < 4.78 is 16.9. The standard InChI is InChI=1S/C23H21ClN2O4/c1-13(2)29-23(27)20-17(12-28-3)19-16-9-4-5-10-18(16)25-21(19)22(26-20)30-15-8-6-7-14(24)11-15/h4-11,13,25H,12H2,1-3H3. The van der Waals surface area contributed by atoms with Crippen molar-refractivity contribution in [3.05, 3.63) is 64.8 Å². The van der Waals surface area contributed by atoms with Gasteiger partial charge in [0.15, 0.2) is 5.69 Å². The summed E-state index contributed by atoms with van der Waals surface area (Å²) in [4.78, 5) is 20.8. The minimum Gasteiger partial charge on any atom is -0.458 e. The summed E-state index contributed by atoms with van der Waals surface area (Å²) in [6.45, 7) is 3.79. The van der Waals surface area contributed by atoms with Crippen LogP contribution in [0.15, 0.2) is 48.5 Å². The van der Waals surface area contributed by atoms with Crippen molar-refractivity contribution < 1.29 is 19.0 Å². The molecular weight excluding hydrogens is 404 g/mol. The first-order valence-electron chi connectivity index (χ1n) is 9.54. The van der Waals surface area contributed by atoms with Crippen molar-refractivity contribution in [2.75, 3.05) is 7.11 Å². The molecule has 2 aromatic carbocycles. The van der Waals surface area contributed by atoms with E-state index in [2.05, 4.69) is 9.97 Å². The fraction of sp³-hybridized carbons (Fsp3) is 0.217. The van der Waals surface area contributed by atoms with Gasteiger partial charge >= 0.3 is 5.97 Å². The highest BCUT2D eigenvalue weighted by atomic mass is 35.5. The summed E-state index contributed by atoms with van der Waals surface area (Å²) in [5.74, 6) is 0.247. The molecule has 4 aromatic rings. The Hall–Kier alpha value is -3.09. The van der Waals surface area contributed by atoms with Crippen LogP contribution in [-0.2, 0) is 16.1 Å². The highest BCUT2D eigenvalue weighted by Crippen LogP contribution is 2.37. The van der Waals surface area contributed by atoms with E-state index in [-0.39, 0.29) is 24.3 Å². The predicted molar refractivity (Wildman–Crippen MR) is 116 cm³/mol. The number of nitrogens with one attached hydrogen (secondary N) is 1. The van der Waals surface area contributed by atoms with Crippen LogP contribution in [0.5, 0.6) is 11.6 Å².